The molecule has 0 bridgehead atoms. The molecule has 0 saturated carbocycles. The van der Waals surface area contributed by atoms with Gasteiger partial charge in [-0.05, 0) is 74.9 Å². The molecule has 186 valence electrons. The molecule has 2 aromatic rings. The van der Waals surface area contributed by atoms with Gasteiger partial charge in [-0.1, -0.05) is 26.0 Å². The van der Waals surface area contributed by atoms with Crippen molar-refractivity contribution in [2.24, 2.45) is 0 Å². The zero-order valence-corrected chi connectivity index (χ0v) is 21.4. The Balaban J connectivity index is 2.28. The molecule has 34 heavy (non-hydrogen) atoms. The molecule has 0 spiro atoms. The first-order valence-corrected chi connectivity index (χ1v) is 11.8. The largest absolute Gasteiger partial charge is 0.496 e. The molecule has 0 heterocycles. The third-order valence-electron chi connectivity index (χ3n) is 5.61. The highest BCUT2D eigenvalue weighted by Crippen LogP contribution is 2.36. The van der Waals surface area contributed by atoms with Crippen LogP contribution in [0.1, 0.15) is 62.3 Å². The molecule has 1 unspecified atom stereocenters. The maximum absolute atomic E-state index is 12.4. The average molecular weight is 472 g/mol. The van der Waals surface area contributed by atoms with Crippen molar-refractivity contribution in [3.8, 4) is 17.2 Å². The monoisotopic (exact) mass is 471 g/mol. The lowest BCUT2D eigenvalue weighted by atomic mass is 9.97. The number of carbonyl (C=O) groups is 2. The zero-order valence-electron chi connectivity index (χ0n) is 21.4. The molecular formula is C27H37NO6. The molecular weight excluding hydrogens is 434 g/mol. The quantitative estimate of drug-likeness (QED) is 0.367. The number of aryl methyl sites for hydroxylation is 2. The van der Waals surface area contributed by atoms with Crippen molar-refractivity contribution >= 4 is 12.1 Å². The number of carbonyl (C=O) groups excluding carboxylic acids is 2. The van der Waals surface area contributed by atoms with Crippen molar-refractivity contribution in [2.45, 2.75) is 60.4 Å². The fourth-order valence-electron chi connectivity index (χ4n) is 3.77. The minimum absolute atomic E-state index is 0.173. The first-order chi connectivity index (χ1) is 16.2. The highest BCUT2D eigenvalue weighted by atomic mass is 16.6. The lowest BCUT2D eigenvalue weighted by Crippen LogP contribution is -2.36. The minimum Gasteiger partial charge on any atom is -0.496 e. The first kappa shape index (κ1) is 27.0. The van der Waals surface area contributed by atoms with Crippen molar-refractivity contribution in [1.82, 2.24) is 4.90 Å². The Kier molecular flexibility index (Phi) is 10.2. The summed E-state index contributed by atoms with van der Waals surface area (Å²) in [6.07, 6.45) is 0.442. The average Bonchev–Trinajstić information content (AvgIpc) is 2.80. The second-order valence-corrected chi connectivity index (χ2v) is 8.23. The van der Waals surface area contributed by atoms with E-state index in [1.807, 2.05) is 44.2 Å². The molecule has 0 saturated heterocycles. The molecule has 7 heteroatoms. The van der Waals surface area contributed by atoms with E-state index in [0.29, 0.717) is 5.92 Å². The van der Waals surface area contributed by atoms with Gasteiger partial charge in [-0.3, -0.25) is 9.69 Å². The number of methoxy groups -OCH3 is 1. The summed E-state index contributed by atoms with van der Waals surface area (Å²) in [4.78, 5) is 25.7. The summed E-state index contributed by atoms with van der Waals surface area (Å²) in [5.74, 6) is 2.23. The summed E-state index contributed by atoms with van der Waals surface area (Å²) in [5.41, 5.74) is 3.83. The van der Waals surface area contributed by atoms with Gasteiger partial charge in [-0.25, -0.2) is 4.79 Å². The number of esters is 1. The smallest absolute Gasteiger partial charge is 0.410 e. The Bertz CT molecular complexity index is 964. The number of amides is 1. The molecule has 0 N–H and O–H groups in total. The number of hydrogen-bond acceptors (Lipinski definition) is 6. The SMILES string of the molecule is CCOC(=O)CN(Cc1cc(C)c(Oc2ccc(OC)c(C(C)CC)c2)c(C)c1)C(=O)OCC. The van der Waals surface area contributed by atoms with Crippen LogP contribution < -0.4 is 9.47 Å². The van der Waals surface area contributed by atoms with Gasteiger partial charge in [0.25, 0.3) is 0 Å². The fourth-order valence-corrected chi connectivity index (χ4v) is 3.77. The van der Waals surface area contributed by atoms with E-state index in [2.05, 4.69) is 13.8 Å². The van der Waals surface area contributed by atoms with Crippen LogP contribution >= 0.6 is 0 Å². The van der Waals surface area contributed by atoms with Gasteiger partial charge in [0.2, 0.25) is 0 Å². The van der Waals surface area contributed by atoms with Gasteiger partial charge in [-0.2, -0.15) is 0 Å². The Morgan fingerprint density at radius 2 is 1.62 bits per heavy atom. The maximum Gasteiger partial charge on any atom is 0.410 e. The normalized spacial score (nSPS) is 11.5. The van der Waals surface area contributed by atoms with Crippen LogP contribution in [0.4, 0.5) is 4.79 Å². The number of benzene rings is 2. The topological polar surface area (TPSA) is 74.3 Å². The van der Waals surface area contributed by atoms with E-state index in [4.69, 9.17) is 18.9 Å². The van der Waals surface area contributed by atoms with E-state index in [9.17, 15) is 9.59 Å². The van der Waals surface area contributed by atoms with E-state index in [1.165, 1.54) is 4.90 Å². The number of rotatable bonds is 11. The van der Waals surface area contributed by atoms with Gasteiger partial charge in [-0.15, -0.1) is 0 Å². The Hall–Kier alpha value is -3.22. The fraction of sp³-hybridized carbons (Fsp3) is 0.481. The molecule has 0 aromatic heterocycles. The van der Waals surface area contributed by atoms with Crippen LogP contribution in [0, 0.1) is 13.8 Å². The second kappa shape index (κ2) is 12.9. The minimum atomic E-state index is -0.554. The van der Waals surface area contributed by atoms with Crippen molar-refractivity contribution in [1.29, 1.82) is 0 Å². The van der Waals surface area contributed by atoms with E-state index >= 15 is 0 Å². The molecule has 7 nitrogen and oxygen atoms in total. The van der Waals surface area contributed by atoms with Crippen molar-refractivity contribution in [2.75, 3.05) is 26.9 Å². The van der Waals surface area contributed by atoms with Crippen LogP contribution in [0.5, 0.6) is 17.2 Å². The van der Waals surface area contributed by atoms with Crippen molar-refractivity contribution < 1.29 is 28.5 Å². The van der Waals surface area contributed by atoms with Crippen LogP contribution in [-0.4, -0.2) is 43.8 Å². The van der Waals surface area contributed by atoms with Gasteiger partial charge in [0, 0.05) is 12.1 Å². The van der Waals surface area contributed by atoms with E-state index in [-0.39, 0.29) is 26.3 Å². The molecule has 1 amide bonds. The molecule has 1 atom stereocenters. The molecule has 0 radical (unpaired) electrons. The third kappa shape index (κ3) is 7.14. The molecule has 0 aliphatic heterocycles. The molecule has 2 rings (SSSR count). The van der Waals surface area contributed by atoms with Crippen LogP contribution in [0.15, 0.2) is 30.3 Å². The molecule has 0 aliphatic carbocycles. The van der Waals surface area contributed by atoms with Crippen molar-refractivity contribution in [3.63, 3.8) is 0 Å². The third-order valence-corrected chi connectivity index (χ3v) is 5.61. The highest BCUT2D eigenvalue weighted by molar-refractivity contribution is 5.78. The molecule has 2 aromatic carbocycles. The Labute approximate surface area is 202 Å². The summed E-state index contributed by atoms with van der Waals surface area (Å²) >= 11 is 0. The van der Waals surface area contributed by atoms with Gasteiger partial charge >= 0.3 is 12.1 Å². The highest BCUT2D eigenvalue weighted by Gasteiger charge is 2.21. The number of hydrogen-bond donors (Lipinski definition) is 0. The molecule has 0 aliphatic rings. The number of nitrogens with zero attached hydrogens (tertiary/aromatic N) is 1. The standard InChI is InChI=1S/C27H37NO6/c1-8-18(4)23-15-22(11-12-24(23)31-7)34-26-19(5)13-21(14-20(26)6)16-28(27(30)33-10-3)17-25(29)32-9-2/h11-15,18H,8-10,16-17H2,1-7H3. The number of ether oxygens (including phenoxy) is 4. The predicted molar refractivity (Wildman–Crippen MR) is 132 cm³/mol. The van der Waals surface area contributed by atoms with Gasteiger partial charge in [0.05, 0.1) is 20.3 Å². The summed E-state index contributed by atoms with van der Waals surface area (Å²) in [7, 11) is 1.68. The first-order valence-electron chi connectivity index (χ1n) is 11.8. The molecule has 0 fully saturated rings. The van der Waals surface area contributed by atoms with Crippen molar-refractivity contribution in [3.05, 3.63) is 52.6 Å². The summed E-state index contributed by atoms with van der Waals surface area (Å²) < 4.78 is 21.9. The van der Waals surface area contributed by atoms with Gasteiger partial charge in [0.15, 0.2) is 0 Å². The maximum atomic E-state index is 12.4. The van der Waals surface area contributed by atoms with Gasteiger partial charge < -0.3 is 18.9 Å². The van der Waals surface area contributed by atoms with Crippen LogP contribution in [0.25, 0.3) is 0 Å². The lowest BCUT2D eigenvalue weighted by molar-refractivity contribution is -0.144. The lowest BCUT2D eigenvalue weighted by Gasteiger charge is -2.22. The van der Waals surface area contributed by atoms with E-state index in [1.54, 1.807) is 21.0 Å². The summed E-state index contributed by atoms with van der Waals surface area (Å²) in [6, 6.07) is 9.78. The summed E-state index contributed by atoms with van der Waals surface area (Å²) in [5, 5.41) is 0. The summed E-state index contributed by atoms with van der Waals surface area (Å²) in [6.45, 7) is 12.2. The second-order valence-electron chi connectivity index (χ2n) is 8.23. The van der Waals surface area contributed by atoms with E-state index < -0.39 is 12.1 Å². The van der Waals surface area contributed by atoms with Crippen LogP contribution in [-0.2, 0) is 20.8 Å². The van der Waals surface area contributed by atoms with Crippen LogP contribution in [0.3, 0.4) is 0 Å². The Morgan fingerprint density at radius 3 is 2.18 bits per heavy atom. The predicted octanol–water partition coefficient (Wildman–Crippen LogP) is 6.14. The van der Waals surface area contributed by atoms with Crippen LogP contribution in [0.2, 0.25) is 0 Å². The zero-order chi connectivity index (χ0) is 25.3. The Morgan fingerprint density at radius 1 is 0.971 bits per heavy atom. The van der Waals surface area contributed by atoms with E-state index in [0.717, 1.165) is 45.9 Å². The van der Waals surface area contributed by atoms with Gasteiger partial charge in [0.1, 0.15) is 23.8 Å².